The van der Waals surface area contributed by atoms with E-state index in [1.807, 2.05) is 43.3 Å². The van der Waals surface area contributed by atoms with Crippen LogP contribution in [0.15, 0.2) is 42.5 Å². The first-order chi connectivity index (χ1) is 14.1. The molecule has 0 aliphatic carbocycles. The smallest absolute Gasteiger partial charge is 0.173 e. The number of hydrogen-bond donors (Lipinski definition) is 2. The van der Waals surface area contributed by atoms with E-state index >= 15 is 0 Å². The molecule has 0 amide bonds. The molecule has 0 atom stereocenters. The standard InChI is InChI=1S/C22H29N3O3S/c1-4-28-19-7-5-18(6-8-19)23-22(29)25-13-11-24(12-14-25)16-17-15-20(26-2)9-10-21(17)27-3/h5-10,15H,4,11-14,16H2,1-3H3,(H,23,29)/p+1. The summed E-state index contributed by atoms with van der Waals surface area (Å²) in [5.41, 5.74) is 2.15. The van der Waals surface area contributed by atoms with Gasteiger partial charge in [0.1, 0.15) is 23.8 Å². The highest BCUT2D eigenvalue weighted by Gasteiger charge is 2.23. The van der Waals surface area contributed by atoms with E-state index in [4.69, 9.17) is 26.4 Å². The van der Waals surface area contributed by atoms with Gasteiger partial charge in [0, 0.05) is 5.69 Å². The van der Waals surface area contributed by atoms with Crippen LogP contribution >= 0.6 is 12.2 Å². The van der Waals surface area contributed by atoms with Crippen LogP contribution in [0.25, 0.3) is 0 Å². The van der Waals surface area contributed by atoms with Gasteiger partial charge >= 0.3 is 0 Å². The molecular weight excluding hydrogens is 386 g/mol. The monoisotopic (exact) mass is 416 g/mol. The Morgan fingerprint density at radius 3 is 2.34 bits per heavy atom. The van der Waals surface area contributed by atoms with E-state index < -0.39 is 0 Å². The average molecular weight is 417 g/mol. The molecule has 0 bridgehead atoms. The van der Waals surface area contributed by atoms with Crippen LogP contribution in [0.2, 0.25) is 0 Å². The molecule has 2 N–H and O–H groups in total. The molecule has 1 aliphatic rings. The van der Waals surface area contributed by atoms with Crippen molar-refractivity contribution in [3.8, 4) is 17.2 Å². The quantitative estimate of drug-likeness (QED) is 0.675. The molecule has 2 aromatic rings. The number of nitrogens with zero attached hydrogens (tertiary/aromatic N) is 1. The van der Waals surface area contributed by atoms with Crippen molar-refractivity contribution >= 4 is 23.0 Å². The first kappa shape index (κ1) is 21.2. The molecule has 156 valence electrons. The molecular formula is C22H30N3O3S+. The molecule has 0 spiro atoms. The summed E-state index contributed by atoms with van der Waals surface area (Å²) < 4.78 is 16.4. The number of hydrogen-bond acceptors (Lipinski definition) is 4. The summed E-state index contributed by atoms with van der Waals surface area (Å²) in [6.07, 6.45) is 0. The van der Waals surface area contributed by atoms with Crippen molar-refractivity contribution < 1.29 is 19.1 Å². The first-order valence-electron chi connectivity index (χ1n) is 9.96. The molecule has 1 heterocycles. The van der Waals surface area contributed by atoms with E-state index in [1.165, 1.54) is 10.5 Å². The van der Waals surface area contributed by atoms with Crippen molar-refractivity contribution in [3.63, 3.8) is 0 Å². The van der Waals surface area contributed by atoms with Gasteiger partial charge < -0.3 is 29.3 Å². The maximum atomic E-state index is 5.62. The molecule has 0 unspecified atom stereocenters. The molecule has 0 aromatic heterocycles. The van der Waals surface area contributed by atoms with E-state index in [2.05, 4.69) is 16.3 Å². The highest BCUT2D eigenvalue weighted by atomic mass is 32.1. The van der Waals surface area contributed by atoms with Gasteiger partial charge in [0.15, 0.2) is 5.11 Å². The molecule has 0 radical (unpaired) electrons. The molecule has 1 saturated heterocycles. The summed E-state index contributed by atoms with van der Waals surface area (Å²) in [6, 6.07) is 13.9. The Hall–Kier alpha value is -2.51. The number of methoxy groups -OCH3 is 2. The minimum atomic E-state index is 0.666. The van der Waals surface area contributed by atoms with Crippen molar-refractivity contribution in [1.29, 1.82) is 0 Å². The van der Waals surface area contributed by atoms with Crippen LogP contribution in [0.4, 0.5) is 5.69 Å². The molecule has 3 rings (SSSR count). The summed E-state index contributed by atoms with van der Waals surface area (Å²) in [4.78, 5) is 3.75. The largest absolute Gasteiger partial charge is 0.497 e. The fraction of sp³-hybridized carbons (Fsp3) is 0.409. The van der Waals surface area contributed by atoms with Gasteiger partial charge in [-0.1, -0.05) is 0 Å². The zero-order valence-electron chi connectivity index (χ0n) is 17.4. The van der Waals surface area contributed by atoms with Gasteiger partial charge in [0.2, 0.25) is 0 Å². The fourth-order valence-corrected chi connectivity index (χ4v) is 3.80. The molecule has 2 aromatic carbocycles. The Kier molecular flexibility index (Phi) is 7.55. The Bertz CT molecular complexity index is 805. The third kappa shape index (κ3) is 5.74. The first-order valence-corrected chi connectivity index (χ1v) is 10.4. The topological polar surface area (TPSA) is 47.4 Å². The van der Waals surface area contributed by atoms with Crippen LogP contribution in [0.3, 0.4) is 0 Å². The summed E-state index contributed by atoms with van der Waals surface area (Å²) in [7, 11) is 3.40. The van der Waals surface area contributed by atoms with Gasteiger partial charge in [-0.3, -0.25) is 0 Å². The van der Waals surface area contributed by atoms with E-state index in [-0.39, 0.29) is 0 Å². The Morgan fingerprint density at radius 1 is 1.03 bits per heavy atom. The molecule has 1 aliphatic heterocycles. The van der Waals surface area contributed by atoms with E-state index in [0.29, 0.717) is 6.61 Å². The predicted octanol–water partition coefficient (Wildman–Crippen LogP) is 2.20. The number of ether oxygens (including phenoxy) is 3. The van der Waals surface area contributed by atoms with E-state index in [0.717, 1.165) is 60.8 Å². The molecule has 7 heteroatoms. The van der Waals surface area contributed by atoms with Gasteiger partial charge in [-0.15, -0.1) is 0 Å². The maximum absolute atomic E-state index is 5.62. The molecule has 1 fully saturated rings. The molecule has 6 nitrogen and oxygen atoms in total. The van der Waals surface area contributed by atoms with Crippen molar-refractivity contribution in [2.75, 3.05) is 52.3 Å². The minimum absolute atomic E-state index is 0.666. The average Bonchev–Trinajstić information content (AvgIpc) is 2.75. The second-order valence-corrected chi connectivity index (χ2v) is 7.37. The number of piperazine rings is 1. The van der Waals surface area contributed by atoms with Crippen LogP contribution in [0.5, 0.6) is 17.2 Å². The second-order valence-electron chi connectivity index (χ2n) is 6.98. The maximum Gasteiger partial charge on any atom is 0.173 e. The lowest BCUT2D eigenvalue weighted by atomic mass is 10.1. The summed E-state index contributed by atoms with van der Waals surface area (Å²) in [5, 5.41) is 4.11. The van der Waals surface area contributed by atoms with Crippen molar-refractivity contribution in [1.82, 2.24) is 4.90 Å². The minimum Gasteiger partial charge on any atom is -0.497 e. The van der Waals surface area contributed by atoms with Crippen LogP contribution in [0, 0.1) is 0 Å². The van der Waals surface area contributed by atoms with Crippen LogP contribution in [0.1, 0.15) is 12.5 Å². The highest BCUT2D eigenvalue weighted by molar-refractivity contribution is 7.80. The lowest BCUT2D eigenvalue weighted by molar-refractivity contribution is -0.917. The Balaban J connectivity index is 1.51. The third-order valence-corrected chi connectivity index (χ3v) is 5.46. The van der Waals surface area contributed by atoms with Gasteiger partial charge in [-0.2, -0.15) is 0 Å². The highest BCUT2D eigenvalue weighted by Crippen LogP contribution is 2.23. The number of benzene rings is 2. The lowest BCUT2D eigenvalue weighted by Crippen LogP contribution is -3.13. The van der Waals surface area contributed by atoms with Crippen LogP contribution in [-0.4, -0.2) is 57.0 Å². The third-order valence-electron chi connectivity index (χ3n) is 5.10. The summed E-state index contributed by atoms with van der Waals surface area (Å²) >= 11 is 5.62. The SMILES string of the molecule is CCOc1ccc(NC(=S)N2CC[NH+](Cc3cc(OC)ccc3OC)CC2)cc1. The van der Waals surface area contributed by atoms with Gasteiger partial charge in [0.25, 0.3) is 0 Å². The number of anilines is 1. The number of thiocarbonyl (C=S) groups is 1. The van der Waals surface area contributed by atoms with E-state index in [9.17, 15) is 0 Å². The Morgan fingerprint density at radius 2 is 1.72 bits per heavy atom. The van der Waals surface area contributed by atoms with Gasteiger partial charge in [0.05, 0.1) is 52.6 Å². The van der Waals surface area contributed by atoms with Crippen molar-refractivity contribution in [2.45, 2.75) is 13.5 Å². The van der Waals surface area contributed by atoms with E-state index in [1.54, 1.807) is 14.2 Å². The number of nitrogens with one attached hydrogen (secondary N) is 2. The van der Waals surface area contributed by atoms with Crippen LogP contribution < -0.4 is 24.4 Å². The van der Waals surface area contributed by atoms with Gasteiger partial charge in [-0.25, -0.2) is 0 Å². The zero-order valence-corrected chi connectivity index (χ0v) is 18.2. The van der Waals surface area contributed by atoms with Crippen molar-refractivity contribution in [3.05, 3.63) is 48.0 Å². The summed E-state index contributed by atoms with van der Waals surface area (Å²) in [5.74, 6) is 2.64. The van der Waals surface area contributed by atoms with Gasteiger partial charge in [-0.05, 0) is 61.6 Å². The normalized spacial score (nSPS) is 14.4. The second kappa shape index (κ2) is 10.3. The number of quaternary nitrogens is 1. The van der Waals surface area contributed by atoms with Crippen molar-refractivity contribution in [2.24, 2.45) is 0 Å². The zero-order chi connectivity index (χ0) is 20.6. The lowest BCUT2D eigenvalue weighted by Gasteiger charge is -2.34. The molecule has 0 saturated carbocycles. The molecule has 29 heavy (non-hydrogen) atoms. The predicted molar refractivity (Wildman–Crippen MR) is 119 cm³/mol. The van der Waals surface area contributed by atoms with Crippen LogP contribution in [-0.2, 0) is 6.54 Å². The summed E-state index contributed by atoms with van der Waals surface area (Å²) in [6.45, 7) is 7.44. The number of rotatable bonds is 7. The Labute approximate surface area is 178 Å². The fourth-order valence-electron chi connectivity index (χ4n) is 3.50.